The fourth-order valence-corrected chi connectivity index (χ4v) is 4.00. The maximum Gasteiger partial charge on any atom is 0.227 e. The van der Waals surface area contributed by atoms with Crippen LogP contribution in [0.2, 0.25) is 0 Å². The maximum absolute atomic E-state index is 11.9. The van der Waals surface area contributed by atoms with Crippen molar-refractivity contribution in [2.45, 2.75) is 32.6 Å². The van der Waals surface area contributed by atoms with E-state index in [2.05, 4.69) is 26.7 Å². The zero-order chi connectivity index (χ0) is 15.1. The summed E-state index contributed by atoms with van der Waals surface area (Å²) >= 11 is 3.40. The standard InChI is InChI=1S/C14H24N4OS2/c1-3-13-16-17-14(21-13)15-12(19)6-9-18-7-4-11(5-8-18)10-20-2/h11H,3-10H2,1-2H3,(H,15,17,19). The highest BCUT2D eigenvalue weighted by Gasteiger charge is 2.19. The minimum absolute atomic E-state index is 0.0417. The molecule has 1 fully saturated rings. The summed E-state index contributed by atoms with van der Waals surface area (Å²) in [5, 5.41) is 12.4. The van der Waals surface area contributed by atoms with Crippen LogP contribution in [0.1, 0.15) is 31.2 Å². The third-order valence-electron chi connectivity index (χ3n) is 3.78. The molecule has 1 aliphatic rings. The van der Waals surface area contributed by atoms with Gasteiger partial charge in [0, 0.05) is 13.0 Å². The summed E-state index contributed by atoms with van der Waals surface area (Å²) in [6.45, 7) is 5.12. The van der Waals surface area contributed by atoms with Crippen LogP contribution >= 0.6 is 23.1 Å². The van der Waals surface area contributed by atoms with Crippen LogP contribution < -0.4 is 5.32 Å². The lowest BCUT2D eigenvalue weighted by Crippen LogP contribution is -2.36. The zero-order valence-corrected chi connectivity index (χ0v) is 14.4. The Kier molecular flexibility index (Phi) is 6.92. The number of carbonyl (C=O) groups excluding carboxylic acids is 1. The van der Waals surface area contributed by atoms with Crippen LogP contribution in [0.25, 0.3) is 0 Å². The lowest BCUT2D eigenvalue weighted by atomic mass is 9.99. The van der Waals surface area contributed by atoms with Gasteiger partial charge in [-0.2, -0.15) is 11.8 Å². The van der Waals surface area contributed by atoms with E-state index in [-0.39, 0.29) is 5.91 Å². The van der Waals surface area contributed by atoms with Gasteiger partial charge in [-0.25, -0.2) is 0 Å². The van der Waals surface area contributed by atoms with Gasteiger partial charge in [0.1, 0.15) is 5.01 Å². The molecule has 0 aliphatic carbocycles. The quantitative estimate of drug-likeness (QED) is 0.833. The SMILES string of the molecule is CCc1nnc(NC(=O)CCN2CCC(CSC)CC2)s1. The first-order valence-electron chi connectivity index (χ1n) is 7.54. The molecule has 1 amide bonds. The van der Waals surface area contributed by atoms with E-state index in [1.54, 1.807) is 0 Å². The fourth-order valence-electron chi connectivity index (χ4n) is 2.50. The number of amides is 1. The van der Waals surface area contributed by atoms with E-state index in [0.29, 0.717) is 11.6 Å². The van der Waals surface area contributed by atoms with Crippen molar-refractivity contribution in [2.24, 2.45) is 5.92 Å². The molecule has 0 bridgehead atoms. The van der Waals surface area contributed by atoms with Gasteiger partial charge in [0.05, 0.1) is 0 Å². The number of rotatable bonds is 7. The van der Waals surface area contributed by atoms with Gasteiger partial charge in [-0.15, -0.1) is 10.2 Å². The molecule has 21 heavy (non-hydrogen) atoms. The number of anilines is 1. The van der Waals surface area contributed by atoms with Crippen molar-refractivity contribution in [3.05, 3.63) is 5.01 Å². The van der Waals surface area contributed by atoms with Crippen molar-refractivity contribution in [1.29, 1.82) is 0 Å². The molecule has 1 aromatic heterocycles. The van der Waals surface area contributed by atoms with Gasteiger partial charge in [0.2, 0.25) is 11.0 Å². The molecule has 0 radical (unpaired) electrons. The van der Waals surface area contributed by atoms with Crippen LogP contribution in [0.4, 0.5) is 5.13 Å². The largest absolute Gasteiger partial charge is 0.303 e. The first-order chi connectivity index (χ1) is 10.2. The second-order valence-electron chi connectivity index (χ2n) is 5.39. The number of thioether (sulfide) groups is 1. The molecule has 5 nitrogen and oxygen atoms in total. The molecule has 1 aromatic rings. The number of likely N-dealkylation sites (tertiary alicyclic amines) is 1. The summed E-state index contributed by atoms with van der Waals surface area (Å²) in [7, 11) is 0. The number of aryl methyl sites for hydroxylation is 1. The van der Waals surface area contributed by atoms with Gasteiger partial charge in [0.25, 0.3) is 0 Å². The van der Waals surface area contributed by atoms with Gasteiger partial charge in [-0.05, 0) is 50.3 Å². The molecule has 118 valence electrons. The van der Waals surface area contributed by atoms with E-state index in [1.807, 2.05) is 18.7 Å². The van der Waals surface area contributed by atoms with Crippen molar-refractivity contribution >= 4 is 34.1 Å². The van der Waals surface area contributed by atoms with Gasteiger partial charge in [-0.3, -0.25) is 4.79 Å². The van der Waals surface area contributed by atoms with Gasteiger partial charge < -0.3 is 10.2 Å². The summed E-state index contributed by atoms with van der Waals surface area (Å²) in [4.78, 5) is 14.3. The lowest BCUT2D eigenvalue weighted by molar-refractivity contribution is -0.116. The van der Waals surface area contributed by atoms with E-state index < -0.39 is 0 Å². The lowest BCUT2D eigenvalue weighted by Gasteiger charge is -2.31. The average molecular weight is 329 g/mol. The van der Waals surface area contributed by atoms with Crippen LogP contribution in [-0.2, 0) is 11.2 Å². The highest BCUT2D eigenvalue weighted by atomic mass is 32.2. The normalized spacial score (nSPS) is 17.0. The Morgan fingerprint density at radius 1 is 1.43 bits per heavy atom. The van der Waals surface area contributed by atoms with Crippen molar-refractivity contribution in [3.8, 4) is 0 Å². The van der Waals surface area contributed by atoms with Gasteiger partial charge in [0.15, 0.2) is 0 Å². The molecule has 1 N–H and O–H groups in total. The number of nitrogens with one attached hydrogen (secondary N) is 1. The predicted octanol–water partition coefficient (Wildman–Crippen LogP) is 2.50. The summed E-state index contributed by atoms with van der Waals surface area (Å²) in [6.07, 6.45) is 6.10. The van der Waals surface area contributed by atoms with Crippen LogP contribution in [-0.4, -0.2) is 52.6 Å². The number of piperidine rings is 1. The first-order valence-corrected chi connectivity index (χ1v) is 9.75. The summed E-state index contributed by atoms with van der Waals surface area (Å²) < 4.78 is 0. The zero-order valence-electron chi connectivity index (χ0n) is 12.8. The number of hydrogen-bond acceptors (Lipinski definition) is 6. The predicted molar refractivity (Wildman–Crippen MR) is 90.1 cm³/mol. The molecule has 1 aliphatic heterocycles. The number of hydrogen-bond donors (Lipinski definition) is 1. The molecule has 0 spiro atoms. The molecule has 7 heteroatoms. The molecule has 0 atom stereocenters. The van der Waals surface area contributed by atoms with E-state index in [1.165, 1.54) is 29.9 Å². The Labute approximate surface area is 134 Å². The van der Waals surface area contributed by atoms with Crippen LogP contribution in [0.5, 0.6) is 0 Å². The van der Waals surface area contributed by atoms with Crippen LogP contribution in [0.15, 0.2) is 0 Å². The number of aromatic nitrogens is 2. The Hall–Kier alpha value is -0.660. The maximum atomic E-state index is 11.9. The van der Waals surface area contributed by atoms with Gasteiger partial charge >= 0.3 is 0 Å². The Bertz CT molecular complexity index is 444. The summed E-state index contributed by atoms with van der Waals surface area (Å²) in [5.74, 6) is 2.17. The van der Waals surface area contributed by atoms with E-state index in [9.17, 15) is 4.79 Å². The van der Waals surface area contributed by atoms with Crippen molar-refractivity contribution in [3.63, 3.8) is 0 Å². The molecular formula is C14H24N4OS2. The van der Waals surface area contributed by atoms with Crippen LogP contribution in [0.3, 0.4) is 0 Å². The minimum Gasteiger partial charge on any atom is -0.303 e. The molecule has 2 rings (SSSR count). The number of nitrogens with zero attached hydrogens (tertiary/aromatic N) is 3. The highest BCUT2D eigenvalue weighted by Crippen LogP contribution is 2.20. The van der Waals surface area contributed by atoms with Crippen LogP contribution in [0, 0.1) is 5.92 Å². The first kappa shape index (κ1) is 16.7. The third-order valence-corrected chi connectivity index (χ3v) is 5.57. The van der Waals surface area contributed by atoms with Gasteiger partial charge in [-0.1, -0.05) is 18.3 Å². The number of carbonyl (C=O) groups is 1. The molecule has 1 saturated heterocycles. The smallest absolute Gasteiger partial charge is 0.227 e. The highest BCUT2D eigenvalue weighted by molar-refractivity contribution is 7.98. The van der Waals surface area contributed by atoms with E-state index in [4.69, 9.17) is 0 Å². The Morgan fingerprint density at radius 3 is 2.81 bits per heavy atom. The van der Waals surface area contributed by atoms with Crippen molar-refractivity contribution < 1.29 is 4.79 Å². The minimum atomic E-state index is 0.0417. The molecule has 2 heterocycles. The summed E-state index contributed by atoms with van der Waals surface area (Å²) in [6, 6.07) is 0. The van der Waals surface area contributed by atoms with E-state index in [0.717, 1.165) is 37.0 Å². The van der Waals surface area contributed by atoms with E-state index >= 15 is 0 Å². The molecule has 0 unspecified atom stereocenters. The van der Waals surface area contributed by atoms with Crippen molar-refractivity contribution in [2.75, 3.05) is 37.0 Å². The summed E-state index contributed by atoms with van der Waals surface area (Å²) in [5.41, 5.74) is 0. The Morgan fingerprint density at radius 2 is 2.19 bits per heavy atom. The molecule has 0 saturated carbocycles. The molecular weight excluding hydrogens is 304 g/mol. The monoisotopic (exact) mass is 328 g/mol. The van der Waals surface area contributed by atoms with Crippen molar-refractivity contribution in [1.82, 2.24) is 15.1 Å². The average Bonchev–Trinajstić information content (AvgIpc) is 2.94. The third kappa shape index (κ3) is 5.56. The topological polar surface area (TPSA) is 58.1 Å². The fraction of sp³-hybridized carbons (Fsp3) is 0.786. The second kappa shape index (κ2) is 8.70. The Balaban J connectivity index is 1.65. The molecule has 0 aromatic carbocycles. The second-order valence-corrected chi connectivity index (χ2v) is 7.37.